The average molecular weight is 280 g/mol. The van der Waals surface area contributed by atoms with E-state index >= 15 is 0 Å². The molecule has 1 unspecified atom stereocenters. The Bertz CT molecular complexity index is 806. The molecule has 0 saturated carbocycles. The first-order valence-electron chi connectivity index (χ1n) is 6.85. The minimum atomic E-state index is -0.955. The molecule has 0 aliphatic rings. The number of carboxylic acid groups (broad SMARTS) is 1. The first-order chi connectivity index (χ1) is 10.1. The molecule has 0 aliphatic carbocycles. The molecule has 1 aromatic carbocycles. The van der Waals surface area contributed by atoms with Crippen LogP contribution in [0.15, 0.2) is 48.7 Å². The maximum atomic E-state index is 11.3. The Labute approximate surface area is 122 Å². The lowest BCUT2D eigenvalue weighted by Gasteiger charge is -2.12. The number of aromatic carboxylic acids is 1. The molecule has 0 bridgehead atoms. The van der Waals surface area contributed by atoms with Crippen LogP contribution in [0.3, 0.4) is 0 Å². The van der Waals surface area contributed by atoms with Crippen LogP contribution in [0, 0.1) is 6.92 Å². The van der Waals surface area contributed by atoms with Crippen molar-refractivity contribution in [2.24, 2.45) is 0 Å². The molecule has 3 rings (SSSR count). The Hall–Kier alpha value is -2.62. The maximum Gasteiger partial charge on any atom is 0.354 e. The predicted molar refractivity (Wildman–Crippen MR) is 80.8 cm³/mol. The summed E-state index contributed by atoms with van der Waals surface area (Å²) < 4.78 is 1.62. The lowest BCUT2D eigenvalue weighted by atomic mass is 9.94. The van der Waals surface area contributed by atoms with Crippen molar-refractivity contribution < 1.29 is 9.90 Å². The molecule has 1 N–H and O–H groups in total. The molecule has 0 fully saturated rings. The highest BCUT2D eigenvalue weighted by Crippen LogP contribution is 2.25. The van der Waals surface area contributed by atoms with Crippen LogP contribution in [-0.2, 0) is 0 Å². The highest BCUT2D eigenvalue weighted by molar-refractivity contribution is 5.88. The smallest absolute Gasteiger partial charge is 0.354 e. The second-order valence-corrected chi connectivity index (χ2v) is 5.17. The van der Waals surface area contributed by atoms with Gasteiger partial charge in [-0.3, -0.25) is 4.40 Å². The lowest BCUT2D eigenvalue weighted by molar-refractivity contribution is 0.0688. The number of carbonyl (C=O) groups is 1. The third-order valence-corrected chi connectivity index (χ3v) is 3.83. The molecule has 106 valence electrons. The molecular weight excluding hydrogens is 264 g/mol. The van der Waals surface area contributed by atoms with E-state index in [2.05, 4.69) is 24.0 Å². The summed E-state index contributed by atoms with van der Waals surface area (Å²) in [5.74, 6) is -0.717. The molecule has 2 aromatic heterocycles. The summed E-state index contributed by atoms with van der Waals surface area (Å²) in [5.41, 5.74) is 3.78. The van der Waals surface area contributed by atoms with E-state index < -0.39 is 5.97 Å². The zero-order chi connectivity index (χ0) is 15.0. The molecule has 2 heterocycles. The van der Waals surface area contributed by atoms with Crippen molar-refractivity contribution >= 4 is 11.6 Å². The van der Waals surface area contributed by atoms with Gasteiger partial charge in [-0.05, 0) is 30.2 Å². The number of imidazole rings is 1. The minimum Gasteiger partial charge on any atom is -0.477 e. The van der Waals surface area contributed by atoms with Gasteiger partial charge in [0.25, 0.3) is 0 Å². The Morgan fingerprint density at radius 1 is 1.19 bits per heavy atom. The summed E-state index contributed by atoms with van der Waals surface area (Å²) >= 11 is 0. The van der Waals surface area contributed by atoms with E-state index in [1.54, 1.807) is 17.5 Å². The number of rotatable bonds is 3. The largest absolute Gasteiger partial charge is 0.477 e. The lowest BCUT2D eigenvalue weighted by Crippen LogP contribution is -2.04. The van der Waals surface area contributed by atoms with E-state index in [-0.39, 0.29) is 11.6 Å². The topological polar surface area (TPSA) is 54.6 Å². The van der Waals surface area contributed by atoms with Crippen LogP contribution in [-0.4, -0.2) is 20.5 Å². The van der Waals surface area contributed by atoms with Crippen molar-refractivity contribution in [2.75, 3.05) is 0 Å². The number of hydrogen-bond donors (Lipinski definition) is 1. The van der Waals surface area contributed by atoms with E-state index in [1.807, 2.05) is 30.3 Å². The fraction of sp³-hybridized carbons (Fsp3) is 0.176. The van der Waals surface area contributed by atoms with Gasteiger partial charge in [0.15, 0.2) is 5.69 Å². The molecule has 0 aliphatic heterocycles. The average Bonchev–Trinajstić information content (AvgIpc) is 2.82. The van der Waals surface area contributed by atoms with Gasteiger partial charge in [-0.25, -0.2) is 9.78 Å². The van der Waals surface area contributed by atoms with Crippen LogP contribution in [0.5, 0.6) is 0 Å². The first kappa shape index (κ1) is 13.4. The van der Waals surface area contributed by atoms with Crippen LogP contribution in [0.4, 0.5) is 0 Å². The second kappa shape index (κ2) is 5.05. The summed E-state index contributed by atoms with van der Waals surface area (Å²) in [6.07, 6.45) is 1.79. The molecule has 0 amide bonds. The van der Waals surface area contributed by atoms with Gasteiger partial charge in [0.1, 0.15) is 5.65 Å². The van der Waals surface area contributed by atoms with Crippen LogP contribution in [0.25, 0.3) is 5.65 Å². The molecule has 4 nitrogen and oxygen atoms in total. The summed E-state index contributed by atoms with van der Waals surface area (Å²) in [7, 11) is 0. The number of pyridine rings is 1. The van der Waals surface area contributed by atoms with E-state index in [9.17, 15) is 9.90 Å². The summed E-state index contributed by atoms with van der Waals surface area (Å²) in [6.45, 7) is 3.85. The number of benzene rings is 1. The molecule has 0 spiro atoms. The summed E-state index contributed by atoms with van der Waals surface area (Å²) in [6, 6.07) is 14.1. The normalized spacial score (nSPS) is 12.5. The van der Waals surface area contributed by atoms with Crippen LogP contribution >= 0.6 is 0 Å². The van der Waals surface area contributed by atoms with Crippen LogP contribution < -0.4 is 0 Å². The number of aromatic nitrogens is 2. The monoisotopic (exact) mass is 280 g/mol. The van der Waals surface area contributed by atoms with Crippen molar-refractivity contribution in [1.82, 2.24) is 9.38 Å². The van der Waals surface area contributed by atoms with Gasteiger partial charge in [0.05, 0.1) is 5.69 Å². The van der Waals surface area contributed by atoms with Crippen LogP contribution in [0.2, 0.25) is 0 Å². The number of nitrogens with zero attached hydrogens (tertiary/aromatic N) is 2. The van der Waals surface area contributed by atoms with Gasteiger partial charge in [0.2, 0.25) is 0 Å². The second-order valence-electron chi connectivity index (χ2n) is 5.17. The van der Waals surface area contributed by atoms with Gasteiger partial charge in [-0.1, -0.05) is 37.3 Å². The number of aryl methyl sites for hydroxylation is 1. The number of carboxylic acids is 1. The zero-order valence-electron chi connectivity index (χ0n) is 11.9. The van der Waals surface area contributed by atoms with Gasteiger partial charge in [0, 0.05) is 12.1 Å². The Kier molecular flexibility index (Phi) is 3.22. The third-order valence-electron chi connectivity index (χ3n) is 3.83. The van der Waals surface area contributed by atoms with Crippen molar-refractivity contribution in [3.63, 3.8) is 0 Å². The van der Waals surface area contributed by atoms with Crippen LogP contribution in [0.1, 0.15) is 40.2 Å². The standard InChI is InChI=1S/C17H16N2O2/c1-11(13-6-4-3-5-7-13)14-8-9-19-15(10-14)18-12(2)16(19)17(20)21/h3-11H,1-2H3,(H,20,21). The highest BCUT2D eigenvalue weighted by Gasteiger charge is 2.16. The molecule has 3 aromatic rings. The van der Waals surface area contributed by atoms with Crippen molar-refractivity contribution in [3.05, 3.63) is 71.2 Å². The van der Waals surface area contributed by atoms with E-state index in [4.69, 9.17) is 0 Å². The molecule has 21 heavy (non-hydrogen) atoms. The van der Waals surface area contributed by atoms with Gasteiger partial charge < -0.3 is 5.11 Å². The Balaban J connectivity index is 2.08. The van der Waals surface area contributed by atoms with Gasteiger partial charge >= 0.3 is 5.97 Å². The third kappa shape index (κ3) is 2.29. The Morgan fingerprint density at radius 2 is 1.90 bits per heavy atom. The first-order valence-corrected chi connectivity index (χ1v) is 6.85. The zero-order valence-corrected chi connectivity index (χ0v) is 11.9. The number of hydrogen-bond acceptors (Lipinski definition) is 2. The fourth-order valence-corrected chi connectivity index (χ4v) is 2.64. The quantitative estimate of drug-likeness (QED) is 0.799. The van der Waals surface area contributed by atoms with E-state index in [0.29, 0.717) is 11.3 Å². The molecule has 1 atom stereocenters. The summed E-state index contributed by atoms with van der Waals surface area (Å²) in [5, 5.41) is 9.25. The fourth-order valence-electron chi connectivity index (χ4n) is 2.64. The molecule has 0 saturated heterocycles. The van der Waals surface area contributed by atoms with E-state index in [1.165, 1.54) is 5.56 Å². The highest BCUT2D eigenvalue weighted by atomic mass is 16.4. The minimum absolute atomic E-state index is 0.226. The van der Waals surface area contributed by atoms with Crippen molar-refractivity contribution in [1.29, 1.82) is 0 Å². The van der Waals surface area contributed by atoms with E-state index in [0.717, 1.165) is 5.56 Å². The van der Waals surface area contributed by atoms with Crippen molar-refractivity contribution in [2.45, 2.75) is 19.8 Å². The number of fused-ring (bicyclic) bond motifs is 1. The molecule has 4 heteroatoms. The maximum absolute atomic E-state index is 11.3. The van der Waals surface area contributed by atoms with Gasteiger partial charge in [-0.2, -0.15) is 0 Å². The van der Waals surface area contributed by atoms with Gasteiger partial charge in [-0.15, -0.1) is 0 Å². The Morgan fingerprint density at radius 3 is 2.57 bits per heavy atom. The SMILES string of the molecule is Cc1nc2cc(C(C)c3ccccc3)ccn2c1C(=O)O. The summed E-state index contributed by atoms with van der Waals surface area (Å²) in [4.78, 5) is 15.6. The predicted octanol–water partition coefficient (Wildman–Crippen LogP) is 3.49. The molecular formula is C17H16N2O2. The molecule has 0 radical (unpaired) electrons. The van der Waals surface area contributed by atoms with Crippen molar-refractivity contribution in [3.8, 4) is 0 Å².